The zero-order valence-electron chi connectivity index (χ0n) is 6.10. The topological polar surface area (TPSA) is 77.8 Å². The van der Waals surface area contributed by atoms with Crippen molar-refractivity contribution < 1.29 is 19.9 Å². The van der Waals surface area contributed by atoms with Crippen LogP contribution >= 0.6 is 11.3 Å². The number of carbonyl (C=O) groups is 1. The van der Waals surface area contributed by atoms with E-state index in [9.17, 15) is 4.79 Å². The van der Waals surface area contributed by atoms with Gasteiger partial charge in [-0.3, -0.25) is 4.79 Å². The molecule has 0 amide bonds. The van der Waals surface area contributed by atoms with Crippen LogP contribution < -0.4 is 5.46 Å². The van der Waals surface area contributed by atoms with Gasteiger partial charge in [0.2, 0.25) is 0 Å². The lowest BCUT2D eigenvalue weighted by Crippen LogP contribution is -2.28. The van der Waals surface area contributed by atoms with Crippen molar-refractivity contribution in [2.24, 2.45) is 0 Å². The fourth-order valence-electron chi connectivity index (χ4n) is 0.710. The summed E-state index contributed by atoms with van der Waals surface area (Å²) in [6.45, 7) is -0.554. The molecule has 0 unspecified atom stereocenters. The van der Waals surface area contributed by atoms with Gasteiger partial charge in [0.25, 0.3) is 0 Å². The predicted octanol–water partition coefficient (Wildman–Crippen LogP) is -1.40. The smallest absolute Gasteiger partial charge is 0.423 e. The molecule has 0 aromatic carbocycles. The summed E-state index contributed by atoms with van der Waals surface area (Å²) >= 11 is 1.08. The van der Waals surface area contributed by atoms with Crippen molar-refractivity contribution in [3.8, 4) is 0 Å². The van der Waals surface area contributed by atoms with E-state index in [2.05, 4.69) is 0 Å². The van der Waals surface area contributed by atoms with E-state index < -0.39 is 19.5 Å². The van der Waals surface area contributed by atoms with E-state index in [1.54, 1.807) is 0 Å². The first kappa shape index (κ1) is 9.40. The SMILES string of the molecule is O=C(CO)c1cc(B(O)O)cs1. The third kappa shape index (κ3) is 1.92. The van der Waals surface area contributed by atoms with Gasteiger partial charge in [0.1, 0.15) is 6.61 Å². The standard InChI is InChI=1S/C6H7BO4S/c8-2-5(9)6-1-4(3-12-6)7(10)11/h1,3,8,10-11H,2H2. The van der Waals surface area contributed by atoms with Crippen LogP contribution in [0, 0.1) is 0 Å². The number of rotatable bonds is 3. The molecule has 0 fully saturated rings. The highest BCUT2D eigenvalue weighted by Crippen LogP contribution is 2.07. The second kappa shape index (κ2) is 3.82. The first-order valence-corrected chi connectivity index (χ1v) is 4.11. The lowest BCUT2D eigenvalue weighted by molar-refractivity contribution is 0.0908. The highest BCUT2D eigenvalue weighted by Gasteiger charge is 2.15. The largest absolute Gasteiger partial charge is 0.489 e. The first-order chi connectivity index (χ1) is 5.65. The molecule has 6 heteroatoms. The van der Waals surface area contributed by atoms with Crippen LogP contribution in [0.4, 0.5) is 0 Å². The molecule has 0 aliphatic carbocycles. The summed E-state index contributed by atoms with van der Waals surface area (Å²) in [6, 6.07) is 1.36. The van der Waals surface area contributed by atoms with Gasteiger partial charge in [-0.05, 0) is 16.9 Å². The second-order valence-electron chi connectivity index (χ2n) is 2.20. The van der Waals surface area contributed by atoms with Crippen LogP contribution in [-0.2, 0) is 0 Å². The predicted molar refractivity (Wildman–Crippen MR) is 45.6 cm³/mol. The molecular weight excluding hydrogens is 179 g/mol. The lowest BCUT2D eigenvalue weighted by Gasteiger charge is -1.90. The van der Waals surface area contributed by atoms with Gasteiger partial charge in [-0.2, -0.15) is 0 Å². The summed E-state index contributed by atoms with van der Waals surface area (Å²) in [6.07, 6.45) is 0. The lowest BCUT2D eigenvalue weighted by atomic mass is 9.82. The molecule has 1 rings (SSSR count). The van der Waals surface area contributed by atoms with Gasteiger partial charge in [0.15, 0.2) is 5.78 Å². The summed E-state index contributed by atoms with van der Waals surface area (Å²) in [4.78, 5) is 11.2. The zero-order chi connectivity index (χ0) is 9.14. The number of Topliss-reactive ketones (excluding diaryl/α,β-unsaturated/α-hetero) is 1. The number of carbonyl (C=O) groups excluding carboxylic acids is 1. The van der Waals surface area contributed by atoms with E-state index >= 15 is 0 Å². The van der Waals surface area contributed by atoms with Crippen molar-refractivity contribution in [1.82, 2.24) is 0 Å². The van der Waals surface area contributed by atoms with Gasteiger partial charge >= 0.3 is 7.12 Å². The molecule has 64 valence electrons. The molecule has 0 aliphatic rings. The molecule has 0 atom stereocenters. The fraction of sp³-hybridized carbons (Fsp3) is 0.167. The van der Waals surface area contributed by atoms with Crippen LogP contribution in [0.5, 0.6) is 0 Å². The number of aliphatic hydroxyl groups is 1. The average Bonchev–Trinajstić information content (AvgIpc) is 2.51. The first-order valence-electron chi connectivity index (χ1n) is 3.23. The number of thiophene rings is 1. The van der Waals surface area contributed by atoms with Crippen LogP contribution in [0.2, 0.25) is 0 Å². The Bertz CT molecular complexity index is 283. The van der Waals surface area contributed by atoms with Crippen LogP contribution in [0.1, 0.15) is 9.67 Å². The second-order valence-corrected chi connectivity index (χ2v) is 3.11. The Hall–Kier alpha value is -0.685. The van der Waals surface area contributed by atoms with Crippen molar-refractivity contribution in [2.45, 2.75) is 0 Å². The van der Waals surface area contributed by atoms with Gasteiger partial charge in [-0.1, -0.05) is 0 Å². The number of aliphatic hydroxyl groups excluding tert-OH is 1. The quantitative estimate of drug-likeness (QED) is 0.400. The van der Waals surface area contributed by atoms with Gasteiger partial charge in [-0.15, -0.1) is 11.3 Å². The molecule has 0 saturated heterocycles. The molecule has 3 N–H and O–H groups in total. The van der Waals surface area contributed by atoms with Crippen molar-refractivity contribution in [2.75, 3.05) is 6.61 Å². The van der Waals surface area contributed by atoms with E-state index in [0.29, 0.717) is 4.88 Å². The number of ketones is 1. The summed E-state index contributed by atoms with van der Waals surface area (Å²) in [5.74, 6) is -0.410. The van der Waals surface area contributed by atoms with Gasteiger partial charge in [0.05, 0.1) is 4.88 Å². The monoisotopic (exact) mass is 186 g/mol. The van der Waals surface area contributed by atoms with Gasteiger partial charge in [-0.25, -0.2) is 0 Å². The highest BCUT2D eigenvalue weighted by molar-refractivity contribution is 7.13. The Morgan fingerprint density at radius 1 is 1.58 bits per heavy atom. The number of hydrogen-bond donors (Lipinski definition) is 3. The average molecular weight is 186 g/mol. The molecule has 1 heterocycles. The molecule has 4 nitrogen and oxygen atoms in total. The summed E-state index contributed by atoms with van der Waals surface area (Å²) in [5, 5.41) is 27.3. The maximum atomic E-state index is 10.8. The van der Waals surface area contributed by atoms with E-state index in [0.717, 1.165) is 11.3 Å². The van der Waals surface area contributed by atoms with Crippen LogP contribution in [0.3, 0.4) is 0 Å². The van der Waals surface area contributed by atoms with Crippen molar-refractivity contribution >= 4 is 29.7 Å². The van der Waals surface area contributed by atoms with E-state index in [-0.39, 0.29) is 5.46 Å². The molecule has 0 bridgehead atoms. The minimum atomic E-state index is -1.55. The Balaban J connectivity index is 2.84. The van der Waals surface area contributed by atoms with Crippen molar-refractivity contribution in [3.05, 3.63) is 16.3 Å². The van der Waals surface area contributed by atoms with E-state index in [1.807, 2.05) is 0 Å². The maximum Gasteiger partial charge on any atom is 0.489 e. The Kier molecular flexibility index (Phi) is 2.99. The molecule has 0 aliphatic heterocycles. The Labute approximate surface area is 73.2 Å². The third-order valence-electron chi connectivity index (χ3n) is 1.34. The zero-order valence-corrected chi connectivity index (χ0v) is 6.91. The minimum Gasteiger partial charge on any atom is -0.423 e. The fourth-order valence-corrected chi connectivity index (χ4v) is 1.56. The Morgan fingerprint density at radius 3 is 2.67 bits per heavy atom. The molecule has 0 spiro atoms. The molecule has 12 heavy (non-hydrogen) atoms. The van der Waals surface area contributed by atoms with Crippen LogP contribution in [-0.4, -0.2) is 34.7 Å². The molecular formula is C6H7BO4S. The molecule has 0 saturated carbocycles. The van der Waals surface area contributed by atoms with Crippen LogP contribution in [0.25, 0.3) is 0 Å². The van der Waals surface area contributed by atoms with E-state index in [4.69, 9.17) is 15.2 Å². The normalized spacial score (nSPS) is 9.92. The summed E-state index contributed by atoms with van der Waals surface area (Å²) < 4.78 is 0. The third-order valence-corrected chi connectivity index (χ3v) is 2.33. The molecule has 1 aromatic heterocycles. The minimum absolute atomic E-state index is 0.275. The van der Waals surface area contributed by atoms with E-state index in [1.165, 1.54) is 11.4 Å². The van der Waals surface area contributed by atoms with Crippen molar-refractivity contribution in [3.63, 3.8) is 0 Å². The molecule has 1 aromatic rings. The summed E-state index contributed by atoms with van der Waals surface area (Å²) in [5.41, 5.74) is 0.275. The highest BCUT2D eigenvalue weighted by atomic mass is 32.1. The van der Waals surface area contributed by atoms with Crippen molar-refractivity contribution in [1.29, 1.82) is 0 Å². The van der Waals surface area contributed by atoms with Gasteiger partial charge < -0.3 is 15.2 Å². The Morgan fingerprint density at radius 2 is 2.25 bits per heavy atom. The maximum absolute atomic E-state index is 10.8. The van der Waals surface area contributed by atoms with Crippen LogP contribution in [0.15, 0.2) is 11.4 Å². The number of hydrogen-bond acceptors (Lipinski definition) is 5. The summed E-state index contributed by atoms with van der Waals surface area (Å²) in [7, 11) is -1.55. The van der Waals surface area contributed by atoms with Gasteiger partial charge in [0, 0.05) is 0 Å². The molecule has 0 radical (unpaired) electrons.